The average Bonchev–Trinajstić information content (AvgIpc) is 2.98. The molecule has 0 unspecified atom stereocenters. The normalized spacial score (nSPS) is 13.7. The first-order valence-electron chi connectivity index (χ1n) is 8.24. The third-order valence-corrected chi connectivity index (χ3v) is 5.28. The van der Waals surface area contributed by atoms with E-state index in [-0.39, 0.29) is 12.5 Å². The third kappa shape index (κ3) is 3.00. The SMILES string of the molecule is O=Cc1cn(CC(=O)N2CCc3ccccc3C2)c2ccc(Br)cc12. The van der Waals surface area contributed by atoms with Crippen LogP contribution >= 0.6 is 15.9 Å². The van der Waals surface area contributed by atoms with Crippen LogP contribution in [0.15, 0.2) is 53.1 Å². The number of benzene rings is 2. The van der Waals surface area contributed by atoms with Crippen LogP contribution in [0.1, 0.15) is 21.5 Å². The van der Waals surface area contributed by atoms with Crippen molar-refractivity contribution in [3.05, 3.63) is 69.8 Å². The summed E-state index contributed by atoms with van der Waals surface area (Å²) in [6.45, 7) is 1.63. The van der Waals surface area contributed by atoms with E-state index in [0.29, 0.717) is 12.1 Å². The van der Waals surface area contributed by atoms with E-state index in [0.717, 1.165) is 34.6 Å². The molecule has 1 aliphatic rings. The molecule has 0 atom stereocenters. The fourth-order valence-electron chi connectivity index (χ4n) is 3.48. The van der Waals surface area contributed by atoms with Crippen LogP contribution in [0.4, 0.5) is 0 Å². The van der Waals surface area contributed by atoms with Gasteiger partial charge in [-0.25, -0.2) is 0 Å². The Balaban J connectivity index is 1.60. The number of hydrogen-bond acceptors (Lipinski definition) is 2. The van der Waals surface area contributed by atoms with Gasteiger partial charge in [0.05, 0.1) is 0 Å². The summed E-state index contributed by atoms with van der Waals surface area (Å²) in [5.41, 5.74) is 4.05. The van der Waals surface area contributed by atoms with Gasteiger partial charge in [-0.05, 0) is 35.7 Å². The van der Waals surface area contributed by atoms with Crippen molar-refractivity contribution in [1.29, 1.82) is 0 Å². The molecule has 0 bridgehead atoms. The third-order valence-electron chi connectivity index (χ3n) is 4.79. The zero-order valence-corrected chi connectivity index (χ0v) is 15.2. The van der Waals surface area contributed by atoms with Crippen LogP contribution in [0.5, 0.6) is 0 Å². The summed E-state index contributed by atoms with van der Waals surface area (Å²) >= 11 is 3.43. The Morgan fingerprint density at radius 2 is 1.96 bits per heavy atom. The minimum Gasteiger partial charge on any atom is -0.337 e. The number of hydrogen-bond donors (Lipinski definition) is 0. The van der Waals surface area contributed by atoms with Crippen molar-refractivity contribution in [2.75, 3.05) is 6.54 Å². The van der Waals surface area contributed by atoms with Crippen LogP contribution < -0.4 is 0 Å². The number of carbonyl (C=O) groups is 2. The molecule has 0 saturated carbocycles. The average molecular weight is 397 g/mol. The molecular formula is C20H17BrN2O2. The number of aldehydes is 1. The van der Waals surface area contributed by atoms with E-state index in [9.17, 15) is 9.59 Å². The predicted octanol–water partition coefficient (Wildman–Crippen LogP) is 3.80. The van der Waals surface area contributed by atoms with Crippen LogP contribution in [-0.2, 0) is 24.3 Å². The minimum absolute atomic E-state index is 0.0757. The van der Waals surface area contributed by atoms with E-state index >= 15 is 0 Å². The summed E-state index contributed by atoms with van der Waals surface area (Å²) in [4.78, 5) is 26.0. The monoisotopic (exact) mass is 396 g/mol. The van der Waals surface area contributed by atoms with Crippen molar-refractivity contribution < 1.29 is 9.59 Å². The molecule has 2 heterocycles. The largest absolute Gasteiger partial charge is 0.337 e. The zero-order valence-electron chi connectivity index (χ0n) is 13.6. The molecule has 126 valence electrons. The molecule has 1 amide bonds. The lowest BCUT2D eigenvalue weighted by molar-refractivity contribution is -0.132. The lowest BCUT2D eigenvalue weighted by Crippen LogP contribution is -2.37. The number of rotatable bonds is 3. The number of aromatic nitrogens is 1. The van der Waals surface area contributed by atoms with E-state index in [1.807, 2.05) is 39.8 Å². The lowest BCUT2D eigenvalue weighted by Gasteiger charge is -2.29. The van der Waals surface area contributed by atoms with Crippen LogP contribution in [0.2, 0.25) is 0 Å². The second-order valence-electron chi connectivity index (χ2n) is 6.33. The van der Waals surface area contributed by atoms with Gasteiger partial charge in [-0.15, -0.1) is 0 Å². The van der Waals surface area contributed by atoms with Gasteiger partial charge < -0.3 is 9.47 Å². The van der Waals surface area contributed by atoms with E-state index in [2.05, 4.69) is 28.1 Å². The molecule has 2 aromatic carbocycles. The van der Waals surface area contributed by atoms with Gasteiger partial charge in [-0.3, -0.25) is 9.59 Å². The van der Waals surface area contributed by atoms with Crippen LogP contribution in [0.3, 0.4) is 0 Å². The predicted molar refractivity (Wildman–Crippen MR) is 101 cm³/mol. The summed E-state index contributed by atoms with van der Waals surface area (Å²) in [6, 6.07) is 14.0. The van der Waals surface area contributed by atoms with Gasteiger partial charge in [0.2, 0.25) is 5.91 Å². The summed E-state index contributed by atoms with van der Waals surface area (Å²) in [6.07, 6.45) is 3.49. The van der Waals surface area contributed by atoms with E-state index < -0.39 is 0 Å². The first kappa shape index (κ1) is 16.1. The van der Waals surface area contributed by atoms with Crippen molar-refractivity contribution in [2.45, 2.75) is 19.5 Å². The Morgan fingerprint density at radius 1 is 1.16 bits per heavy atom. The maximum Gasteiger partial charge on any atom is 0.242 e. The van der Waals surface area contributed by atoms with Gasteiger partial charge >= 0.3 is 0 Å². The number of carbonyl (C=O) groups excluding carboxylic acids is 2. The minimum atomic E-state index is 0.0757. The molecule has 0 saturated heterocycles. The van der Waals surface area contributed by atoms with Crippen molar-refractivity contribution >= 4 is 39.0 Å². The van der Waals surface area contributed by atoms with Crippen LogP contribution in [0.25, 0.3) is 10.9 Å². The molecule has 1 aromatic heterocycles. The van der Waals surface area contributed by atoms with Gasteiger partial charge in [0.1, 0.15) is 6.54 Å². The molecule has 4 rings (SSSR count). The van der Waals surface area contributed by atoms with Crippen LogP contribution in [-0.4, -0.2) is 28.2 Å². The van der Waals surface area contributed by atoms with Crippen molar-refractivity contribution in [1.82, 2.24) is 9.47 Å². The molecule has 0 spiro atoms. The second-order valence-corrected chi connectivity index (χ2v) is 7.24. The smallest absolute Gasteiger partial charge is 0.242 e. The molecule has 0 fully saturated rings. The molecule has 4 nitrogen and oxygen atoms in total. The van der Waals surface area contributed by atoms with Gasteiger partial charge in [-0.1, -0.05) is 40.2 Å². The zero-order chi connectivity index (χ0) is 17.4. The highest BCUT2D eigenvalue weighted by Crippen LogP contribution is 2.25. The van der Waals surface area contributed by atoms with E-state index in [4.69, 9.17) is 0 Å². The number of fused-ring (bicyclic) bond motifs is 2. The standard InChI is InChI=1S/C20H17BrN2O2/c21-17-5-6-19-18(9-17)16(13-24)11-23(19)12-20(25)22-8-7-14-3-1-2-4-15(14)10-22/h1-6,9,11,13H,7-8,10,12H2. The summed E-state index contributed by atoms with van der Waals surface area (Å²) in [7, 11) is 0. The van der Waals surface area contributed by atoms with Gasteiger partial charge in [0, 0.05) is 40.2 Å². The number of halogens is 1. The molecule has 0 radical (unpaired) electrons. The summed E-state index contributed by atoms with van der Waals surface area (Å²) in [5.74, 6) is 0.0757. The molecule has 5 heteroatoms. The first-order chi connectivity index (χ1) is 12.2. The first-order valence-corrected chi connectivity index (χ1v) is 9.03. The highest BCUT2D eigenvalue weighted by molar-refractivity contribution is 9.10. The van der Waals surface area contributed by atoms with E-state index in [1.165, 1.54) is 11.1 Å². The van der Waals surface area contributed by atoms with E-state index in [1.54, 1.807) is 6.20 Å². The Labute approximate surface area is 154 Å². The highest BCUT2D eigenvalue weighted by atomic mass is 79.9. The number of amides is 1. The molecule has 25 heavy (non-hydrogen) atoms. The summed E-state index contributed by atoms with van der Waals surface area (Å²) < 4.78 is 2.79. The van der Waals surface area contributed by atoms with Gasteiger partial charge in [0.25, 0.3) is 0 Å². The van der Waals surface area contributed by atoms with Gasteiger partial charge in [0.15, 0.2) is 6.29 Å². The fourth-order valence-corrected chi connectivity index (χ4v) is 3.84. The van der Waals surface area contributed by atoms with Crippen molar-refractivity contribution in [3.8, 4) is 0 Å². The Hall–Kier alpha value is -2.40. The fraction of sp³-hybridized carbons (Fsp3) is 0.200. The maximum atomic E-state index is 12.8. The highest BCUT2D eigenvalue weighted by Gasteiger charge is 2.21. The number of nitrogens with zero attached hydrogens (tertiary/aromatic N) is 2. The Bertz CT molecular complexity index is 977. The van der Waals surface area contributed by atoms with Crippen molar-refractivity contribution in [3.63, 3.8) is 0 Å². The summed E-state index contributed by atoms with van der Waals surface area (Å²) in [5, 5.41) is 0.862. The molecule has 0 aliphatic carbocycles. The van der Waals surface area contributed by atoms with Crippen molar-refractivity contribution in [2.24, 2.45) is 0 Å². The second kappa shape index (κ2) is 6.48. The topological polar surface area (TPSA) is 42.3 Å². The molecule has 1 aliphatic heterocycles. The Morgan fingerprint density at radius 3 is 2.76 bits per heavy atom. The molecular weight excluding hydrogens is 380 g/mol. The lowest BCUT2D eigenvalue weighted by atomic mass is 10.00. The van der Waals surface area contributed by atoms with Gasteiger partial charge in [-0.2, -0.15) is 0 Å². The quantitative estimate of drug-likeness (QED) is 0.631. The Kier molecular flexibility index (Phi) is 4.17. The maximum absolute atomic E-state index is 12.8. The molecule has 3 aromatic rings. The van der Waals surface area contributed by atoms with Crippen LogP contribution in [0, 0.1) is 0 Å². The molecule has 0 N–H and O–H groups in total.